The topological polar surface area (TPSA) is 111 Å². The number of esters is 1. The van der Waals surface area contributed by atoms with Gasteiger partial charge >= 0.3 is 5.97 Å². The van der Waals surface area contributed by atoms with Gasteiger partial charge in [0.1, 0.15) is 11.8 Å². The van der Waals surface area contributed by atoms with Crippen molar-refractivity contribution in [2.45, 2.75) is 58.6 Å². The zero-order valence-electron chi connectivity index (χ0n) is 14.1. The summed E-state index contributed by atoms with van der Waals surface area (Å²) >= 11 is 0. The number of hydrogen-bond donors (Lipinski definition) is 2. The first kappa shape index (κ1) is 18.0. The van der Waals surface area contributed by atoms with Gasteiger partial charge in [-0.1, -0.05) is 18.0 Å². The lowest BCUT2D eigenvalue weighted by Crippen LogP contribution is -2.47. The van der Waals surface area contributed by atoms with Crippen molar-refractivity contribution in [3.63, 3.8) is 0 Å². The molecule has 1 heterocycles. The van der Waals surface area contributed by atoms with Crippen molar-refractivity contribution in [2.75, 3.05) is 5.32 Å². The third-order valence-corrected chi connectivity index (χ3v) is 4.03. The van der Waals surface area contributed by atoms with Gasteiger partial charge in [-0.25, -0.2) is 4.79 Å². The molecule has 1 aromatic rings. The van der Waals surface area contributed by atoms with Gasteiger partial charge in [0.05, 0.1) is 0 Å². The van der Waals surface area contributed by atoms with Crippen LogP contribution < -0.4 is 10.6 Å². The molecule has 2 atom stereocenters. The normalized spacial score (nSPS) is 17.1. The molecule has 1 saturated carbocycles. The Kier molecular flexibility index (Phi) is 5.94. The van der Waals surface area contributed by atoms with E-state index < -0.39 is 24.0 Å². The van der Waals surface area contributed by atoms with E-state index in [9.17, 15) is 14.4 Å². The Hall–Kier alpha value is -2.38. The predicted octanol–water partition coefficient (Wildman–Crippen LogP) is 1.55. The fourth-order valence-electron chi connectivity index (χ4n) is 2.83. The van der Waals surface area contributed by atoms with Gasteiger partial charge in [0, 0.05) is 13.0 Å². The molecular formula is C16H23N3O5. The van der Waals surface area contributed by atoms with Crippen LogP contribution in [0.15, 0.2) is 10.6 Å². The first-order valence-corrected chi connectivity index (χ1v) is 8.08. The molecule has 2 rings (SSSR count). The average Bonchev–Trinajstić information content (AvgIpc) is 3.16. The summed E-state index contributed by atoms with van der Waals surface area (Å²) in [5.74, 6) is -0.522. The van der Waals surface area contributed by atoms with Gasteiger partial charge in [0.25, 0.3) is 5.91 Å². The Balaban J connectivity index is 1.94. The monoisotopic (exact) mass is 337 g/mol. The summed E-state index contributed by atoms with van der Waals surface area (Å²) in [6.07, 6.45) is 2.76. The third-order valence-electron chi connectivity index (χ3n) is 4.03. The highest BCUT2D eigenvalue weighted by molar-refractivity contribution is 5.95. The second-order valence-corrected chi connectivity index (χ2v) is 6.11. The first-order chi connectivity index (χ1) is 11.4. The van der Waals surface area contributed by atoms with Gasteiger partial charge in [-0.3, -0.25) is 9.59 Å². The van der Waals surface area contributed by atoms with Crippen molar-refractivity contribution in [3.8, 4) is 0 Å². The van der Waals surface area contributed by atoms with Crippen molar-refractivity contribution in [3.05, 3.63) is 11.8 Å². The van der Waals surface area contributed by atoms with Crippen molar-refractivity contribution in [1.29, 1.82) is 0 Å². The smallest absolute Gasteiger partial charge is 0.329 e. The number of aryl methyl sites for hydroxylation is 1. The highest BCUT2D eigenvalue weighted by Crippen LogP contribution is 2.28. The molecule has 0 saturated heterocycles. The fraction of sp³-hybridized carbons (Fsp3) is 0.625. The van der Waals surface area contributed by atoms with Crippen molar-refractivity contribution in [1.82, 2.24) is 10.5 Å². The fourth-order valence-corrected chi connectivity index (χ4v) is 2.83. The van der Waals surface area contributed by atoms with Gasteiger partial charge < -0.3 is 19.9 Å². The molecule has 0 bridgehead atoms. The molecule has 0 spiro atoms. The number of amides is 2. The van der Waals surface area contributed by atoms with Crippen LogP contribution in [0.2, 0.25) is 0 Å². The maximum absolute atomic E-state index is 12.4. The molecule has 1 aliphatic carbocycles. The minimum absolute atomic E-state index is 0.0508. The standard InChI is InChI=1S/C16H23N3O5/c1-9-8-13(19-24-9)18-15(21)10(2)23-16(22)14(17-11(3)20)12-6-4-5-7-12/h8,10,12,14H,4-7H2,1-3H3,(H,17,20)(H,18,19,21)/t10-,14+/m1/s1. The number of rotatable bonds is 6. The number of carbonyl (C=O) groups is 3. The van der Waals surface area contributed by atoms with Crippen LogP contribution in [0.4, 0.5) is 5.82 Å². The van der Waals surface area contributed by atoms with Crippen molar-refractivity contribution < 1.29 is 23.6 Å². The maximum Gasteiger partial charge on any atom is 0.329 e. The summed E-state index contributed by atoms with van der Waals surface area (Å²) in [5, 5.41) is 8.81. The van der Waals surface area contributed by atoms with E-state index in [1.807, 2.05) is 0 Å². The van der Waals surface area contributed by atoms with E-state index in [0.717, 1.165) is 25.7 Å². The van der Waals surface area contributed by atoms with E-state index >= 15 is 0 Å². The molecule has 132 valence electrons. The zero-order valence-corrected chi connectivity index (χ0v) is 14.1. The Morgan fingerprint density at radius 3 is 2.54 bits per heavy atom. The van der Waals surface area contributed by atoms with Gasteiger partial charge in [-0.05, 0) is 32.6 Å². The molecule has 2 N–H and O–H groups in total. The molecule has 0 aromatic carbocycles. The summed E-state index contributed by atoms with van der Waals surface area (Å²) in [6, 6.07) is 0.847. The number of nitrogens with one attached hydrogen (secondary N) is 2. The van der Waals surface area contributed by atoms with E-state index in [0.29, 0.717) is 5.76 Å². The lowest BCUT2D eigenvalue weighted by atomic mass is 9.98. The minimum Gasteiger partial charge on any atom is -0.451 e. The van der Waals surface area contributed by atoms with Crippen LogP contribution in [0.3, 0.4) is 0 Å². The largest absolute Gasteiger partial charge is 0.451 e. The predicted molar refractivity (Wildman–Crippen MR) is 85.0 cm³/mol. The van der Waals surface area contributed by atoms with Crippen LogP contribution in [0, 0.1) is 12.8 Å². The Bertz CT molecular complexity index is 607. The number of anilines is 1. The maximum atomic E-state index is 12.4. The molecular weight excluding hydrogens is 314 g/mol. The Labute approximate surface area is 140 Å². The summed E-state index contributed by atoms with van der Waals surface area (Å²) in [4.78, 5) is 35.8. The molecule has 0 aliphatic heterocycles. The van der Waals surface area contributed by atoms with Crippen LogP contribution in [0.25, 0.3) is 0 Å². The molecule has 8 nitrogen and oxygen atoms in total. The molecule has 24 heavy (non-hydrogen) atoms. The third kappa shape index (κ3) is 4.81. The first-order valence-electron chi connectivity index (χ1n) is 8.08. The Morgan fingerprint density at radius 2 is 2.00 bits per heavy atom. The zero-order chi connectivity index (χ0) is 17.7. The van der Waals surface area contributed by atoms with E-state index in [4.69, 9.17) is 9.26 Å². The number of ether oxygens (including phenoxy) is 1. The highest BCUT2D eigenvalue weighted by atomic mass is 16.5. The SMILES string of the molecule is CC(=O)N[C@H](C(=O)O[C@H](C)C(=O)Nc1cc(C)on1)C1CCCC1. The minimum atomic E-state index is -1.01. The number of aromatic nitrogens is 1. The Morgan fingerprint density at radius 1 is 1.33 bits per heavy atom. The summed E-state index contributed by atoms with van der Waals surface area (Å²) in [6.45, 7) is 4.53. The van der Waals surface area contributed by atoms with Crippen LogP contribution in [-0.2, 0) is 19.1 Å². The highest BCUT2D eigenvalue weighted by Gasteiger charge is 2.34. The second-order valence-electron chi connectivity index (χ2n) is 6.11. The molecule has 2 amide bonds. The molecule has 0 radical (unpaired) electrons. The summed E-state index contributed by atoms with van der Waals surface area (Å²) < 4.78 is 10.1. The number of nitrogens with zero attached hydrogens (tertiary/aromatic N) is 1. The van der Waals surface area contributed by atoms with E-state index in [1.165, 1.54) is 13.8 Å². The quantitative estimate of drug-likeness (QED) is 0.762. The van der Waals surface area contributed by atoms with Gasteiger partial charge in [-0.2, -0.15) is 0 Å². The van der Waals surface area contributed by atoms with E-state index in [1.54, 1.807) is 13.0 Å². The molecule has 0 unspecified atom stereocenters. The lowest BCUT2D eigenvalue weighted by Gasteiger charge is -2.24. The second kappa shape index (κ2) is 7.94. The van der Waals surface area contributed by atoms with Crippen molar-refractivity contribution >= 4 is 23.6 Å². The number of hydrogen-bond acceptors (Lipinski definition) is 6. The molecule has 1 fully saturated rings. The molecule has 8 heteroatoms. The van der Waals surface area contributed by atoms with E-state index in [2.05, 4.69) is 15.8 Å². The molecule has 1 aromatic heterocycles. The molecule has 1 aliphatic rings. The van der Waals surface area contributed by atoms with Gasteiger partial charge in [0.15, 0.2) is 11.9 Å². The lowest BCUT2D eigenvalue weighted by molar-refractivity contribution is -0.157. The van der Waals surface area contributed by atoms with Crippen LogP contribution in [-0.4, -0.2) is 35.1 Å². The summed E-state index contributed by atoms with van der Waals surface area (Å²) in [7, 11) is 0. The van der Waals surface area contributed by atoms with Crippen LogP contribution >= 0.6 is 0 Å². The average molecular weight is 337 g/mol. The van der Waals surface area contributed by atoms with Gasteiger partial charge in [0.2, 0.25) is 5.91 Å². The van der Waals surface area contributed by atoms with Crippen LogP contribution in [0.1, 0.15) is 45.3 Å². The van der Waals surface area contributed by atoms with Crippen LogP contribution in [0.5, 0.6) is 0 Å². The number of carbonyl (C=O) groups excluding carboxylic acids is 3. The van der Waals surface area contributed by atoms with Crippen molar-refractivity contribution in [2.24, 2.45) is 5.92 Å². The summed E-state index contributed by atoms with van der Waals surface area (Å²) in [5.41, 5.74) is 0. The van der Waals surface area contributed by atoms with E-state index in [-0.39, 0.29) is 17.6 Å². The van der Waals surface area contributed by atoms with Gasteiger partial charge in [-0.15, -0.1) is 0 Å².